The van der Waals surface area contributed by atoms with Crippen molar-refractivity contribution in [3.8, 4) is 0 Å². The molecule has 0 bridgehead atoms. The van der Waals surface area contributed by atoms with Crippen molar-refractivity contribution in [2.45, 2.75) is 37.1 Å². The van der Waals surface area contributed by atoms with Crippen LogP contribution in [0.4, 0.5) is 0 Å². The Morgan fingerprint density at radius 1 is 1.50 bits per heavy atom. The van der Waals surface area contributed by atoms with E-state index in [0.717, 1.165) is 0 Å². The highest BCUT2D eigenvalue weighted by Gasteiger charge is 2.64. The maximum atomic E-state index is 11.4. The SMILES string of the molecule is CC(C)(C)OC(=O)C1CC1(Br)C(=O)O. The third kappa shape index (κ3) is 2.26. The summed E-state index contributed by atoms with van der Waals surface area (Å²) in [5.74, 6) is -2.01. The fourth-order valence-corrected chi connectivity index (χ4v) is 1.63. The summed E-state index contributed by atoms with van der Waals surface area (Å²) in [7, 11) is 0. The fraction of sp³-hybridized carbons (Fsp3) is 0.778. The molecule has 0 aromatic carbocycles. The van der Waals surface area contributed by atoms with Crippen LogP contribution in [-0.4, -0.2) is 27.0 Å². The van der Waals surface area contributed by atoms with Crippen molar-refractivity contribution in [3.63, 3.8) is 0 Å². The summed E-state index contributed by atoms with van der Waals surface area (Å²) >= 11 is 3.03. The van der Waals surface area contributed by atoms with E-state index in [1.54, 1.807) is 20.8 Å². The highest BCUT2D eigenvalue weighted by molar-refractivity contribution is 9.10. The van der Waals surface area contributed by atoms with E-state index in [1.165, 1.54) is 0 Å². The van der Waals surface area contributed by atoms with E-state index in [0.29, 0.717) is 6.42 Å². The van der Waals surface area contributed by atoms with Crippen LogP contribution < -0.4 is 0 Å². The summed E-state index contributed by atoms with van der Waals surface area (Å²) in [5.41, 5.74) is -0.563. The molecule has 2 unspecified atom stereocenters. The van der Waals surface area contributed by atoms with Gasteiger partial charge in [-0.25, -0.2) is 0 Å². The van der Waals surface area contributed by atoms with Gasteiger partial charge in [-0.15, -0.1) is 0 Å². The highest BCUT2D eigenvalue weighted by Crippen LogP contribution is 2.52. The Labute approximate surface area is 90.8 Å². The van der Waals surface area contributed by atoms with E-state index in [2.05, 4.69) is 15.9 Å². The number of ether oxygens (including phenoxy) is 1. The van der Waals surface area contributed by atoms with Crippen LogP contribution in [0.25, 0.3) is 0 Å². The van der Waals surface area contributed by atoms with Crippen molar-refractivity contribution >= 4 is 27.9 Å². The standard InChI is InChI=1S/C9H13BrO4/c1-8(2,3)14-6(11)5-4-9(5,10)7(12)13/h5H,4H2,1-3H3,(H,12,13). The molecule has 1 rings (SSSR count). The summed E-state index contributed by atoms with van der Waals surface area (Å²) in [4.78, 5) is 22.1. The topological polar surface area (TPSA) is 63.6 Å². The molecule has 0 heterocycles. The number of halogens is 1. The Hall–Kier alpha value is -0.580. The Morgan fingerprint density at radius 2 is 2.00 bits per heavy atom. The number of hydrogen-bond donors (Lipinski definition) is 1. The molecule has 2 atom stereocenters. The van der Waals surface area contributed by atoms with Gasteiger partial charge in [0.1, 0.15) is 9.93 Å². The number of esters is 1. The van der Waals surface area contributed by atoms with Crippen LogP contribution >= 0.6 is 15.9 Å². The smallest absolute Gasteiger partial charge is 0.321 e. The van der Waals surface area contributed by atoms with Gasteiger partial charge < -0.3 is 9.84 Å². The molecule has 0 aliphatic heterocycles. The molecule has 5 heteroatoms. The van der Waals surface area contributed by atoms with Gasteiger partial charge in [-0.3, -0.25) is 9.59 Å². The Bertz CT molecular complexity index is 281. The van der Waals surface area contributed by atoms with E-state index < -0.39 is 27.8 Å². The largest absolute Gasteiger partial charge is 0.480 e. The third-order valence-corrected chi connectivity index (χ3v) is 3.16. The second-order valence-corrected chi connectivity index (χ2v) is 5.87. The van der Waals surface area contributed by atoms with Gasteiger partial charge in [0.25, 0.3) is 0 Å². The second-order valence-electron chi connectivity index (χ2n) is 4.46. The van der Waals surface area contributed by atoms with Gasteiger partial charge in [-0.1, -0.05) is 15.9 Å². The lowest BCUT2D eigenvalue weighted by atomic mass is 10.2. The first-order valence-electron chi connectivity index (χ1n) is 4.32. The van der Waals surface area contributed by atoms with Crippen molar-refractivity contribution in [1.82, 2.24) is 0 Å². The summed E-state index contributed by atoms with van der Waals surface area (Å²) in [6, 6.07) is 0. The molecule has 1 N–H and O–H groups in total. The predicted molar refractivity (Wildman–Crippen MR) is 53.2 cm³/mol. The molecule has 0 radical (unpaired) electrons. The number of carboxylic acids is 1. The highest BCUT2D eigenvalue weighted by atomic mass is 79.9. The van der Waals surface area contributed by atoms with Crippen molar-refractivity contribution in [2.24, 2.45) is 5.92 Å². The van der Waals surface area contributed by atoms with Crippen LogP contribution in [-0.2, 0) is 14.3 Å². The molecule has 0 spiro atoms. The van der Waals surface area contributed by atoms with E-state index >= 15 is 0 Å². The number of carbonyl (C=O) groups is 2. The van der Waals surface area contributed by atoms with Crippen LogP contribution in [0.2, 0.25) is 0 Å². The third-order valence-electron chi connectivity index (χ3n) is 1.94. The van der Waals surface area contributed by atoms with Crippen molar-refractivity contribution in [2.75, 3.05) is 0 Å². The van der Waals surface area contributed by atoms with E-state index in [1.807, 2.05) is 0 Å². The number of alkyl halides is 1. The average molecular weight is 265 g/mol. The van der Waals surface area contributed by atoms with Crippen LogP contribution in [0.3, 0.4) is 0 Å². The zero-order valence-electron chi connectivity index (χ0n) is 8.33. The normalized spacial score (nSPS) is 31.0. The fourth-order valence-electron chi connectivity index (χ4n) is 1.12. The number of carboxylic acid groups (broad SMARTS) is 1. The molecule has 80 valence electrons. The molecule has 0 aromatic heterocycles. The molecule has 0 aromatic rings. The molecule has 0 amide bonds. The molecular weight excluding hydrogens is 252 g/mol. The maximum absolute atomic E-state index is 11.4. The lowest BCUT2D eigenvalue weighted by molar-refractivity contribution is -0.158. The van der Waals surface area contributed by atoms with E-state index in [9.17, 15) is 9.59 Å². The molecule has 1 fully saturated rings. The predicted octanol–water partition coefficient (Wildman–Crippen LogP) is 1.57. The first-order valence-corrected chi connectivity index (χ1v) is 5.11. The Kier molecular flexibility index (Phi) is 2.65. The first kappa shape index (κ1) is 11.5. The van der Waals surface area contributed by atoms with Crippen molar-refractivity contribution in [3.05, 3.63) is 0 Å². The number of carbonyl (C=O) groups excluding carboxylic acids is 1. The molecule has 4 nitrogen and oxygen atoms in total. The van der Waals surface area contributed by atoms with Gasteiger partial charge in [-0.2, -0.15) is 0 Å². The first-order chi connectivity index (χ1) is 6.17. The minimum absolute atomic E-state index is 0.303. The lowest BCUT2D eigenvalue weighted by Crippen LogP contribution is -2.28. The second kappa shape index (κ2) is 3.22. The molecule has 1 aliphatic carbocycles. The minimum atomic E-state index is -1.09. The summed E-state index contributed by atoms with van der Waals surface area (Å²) in [6.45, 7) is 5.26. The van der Waals surface area contributed by atoms with E-state index in [4.69, 9.17) is 9.84 Å². The quantitative estimate of drug-likeness (QED) is 0.608. The molecule has 14 heavy (non-hydrogen) atoms. The molecule has 1 saturated carbocycles. The average Bonchev–Trinajstić information content (AvgIpc) is 2.60. The van der Waals surface area contributed by atoms with Gasteiger partial charge in [0.15, 0.2) is 0 Å². The van der Waals surface area contributed by atoms with Crippen LogP contribution in [0.15, 0.2) is 0 Å². The summed E-state index contributed by atoms with van der Waals surface area (Å²) in [6.07, 6.45) is 0.303. The van der Waals surface area contributed by atoms with Gasteiger partial charge in [0.05, 0.1) is 5.92 Å². The van der Waals surface area contributed by atoms with Crippen molar-refractivity contribution in [1.29, 1.82) is 0 Å². The number of hydrogen-bond acceptors (Lipinski definition) is 3. The maximum Gasteiger partial charge on any atom is 0.321 e. The Morgan fingerprint density at radius 3 is 2.29 bits per heavy atom. The zero-order chi connectivity index (χ0) is 11.1. The zero-order valence-corrected chi connectivity index (χ0v) is 9.92. The van der Waals surface area contributed by atoms with Crippen molar-refractivity contribution < 1.29 is 19.4 Å². The summed E-state index contributed by atoms with van der Waals surface area (Å²) in [5, 5.41) is 8.78. The van der Waals surface area contributed by atoms with Gasteiger partial charge in [-0.05, 0) is 27.2 Å². The minimum Gasteiger partial charge on any atom is -0.480 e. The monoisotopic (exact) mass is 264 g/mol. The lowest BCUT2D eigenvalue weighted by Gasteiger charge is -2.19. The summed E-state index contributed by atoms with van der Waals surface area (Å²) < 4.78 is 3.99. The van der Waals surface area contributed by atoms with Gasteiger partial charge in [0, 0.05) is 0 Å². The van der Waals surface area contributed by atoms with Crippen LogP contribution in [0.5, 0.6) is 0 Å². The number of aliphatic carboxylic acids is 1. The van der Waals surface area contributed by atoms with Gasteiger partial charge in [0.2, 0.25) is 0 Å². The van der Waals surface area contributed by atoms with E-state index in [-0.39, 0.29) is 0 Å². The number of rotatable bonds is 2. The van der Waals surface area contributed by atoms with Crippen LogP contribution in [0.1, 0.15) is 27.2 Å². The van der Waals surface area contributed by atoms with Crippen LogP contribution in [0, 0.1) is 5.92 Å². The molecule has 0 saturated heterocycles. The Balaban J connectivity index is 2.56. The molecular formula is C9H13BrO4. The van der Waals surface area contributed by atoms with Gasteiger partial charge >= 0.3 is 11.9 Å². The molecule has 1 aliphatic rings.